The third kappa shape index (κ3) is 3.95. The molecule has 0 amide bonds. The van der Waals surface area contributed by atoms with Crippen LogP contribution in [0.3, 0.4) is 0 Å². The first-order valence-corrected chi connectivity index (χ1v) is 6.12. The van der Waals surface area contributed by atoms with Gasteiger partial charge in [-0.2, -0.15) is 0 Å². The maximum atomic E-state index is 10.1. The Morgan fingerprint density at radius 3 is 2.44 bits per heavy atom. The molecule has 1 aromatic carbocycles. The van der Waals surface area contributed by atoms with Gasteiger partial charge in [0.15, 0.2) is 0 Å². The molecule has 0 spiro atoms. The molecule has 3 N–H and O–H groups in total. The molecule has 0 bridgehead atoms. The molecule has 0 heterocycles. The van der Waals surface area contributed by atoms with Gasteiger partial charge in [0.25, 0.3) is 0 Å². The van der Waals surface area contributed by atoms with E-state index in [1.54, 1.807) is 0 Å². The highest BCUT2D eigenvalue weighted by molar-refractivity contribution is 5.16. The van der Waals surface area contributed by atoms with Crippen molar-refractivity contribution in [1.82, 2.24) is 0 Å². The highest BCUT2D eigenvalue weighted by Crippen LogP contribution is 2.15. The zero-order valence-corrected chi connectivity index (χ0v) is 10.3. The highest BCUT2D eigenvalue weighted by Gasteiger charge is 2.20. The summed E-state index contributed by atoms with van der Waals surface area (Å²) in [4.78, 5) is 0. The van der Waals surface area contributed by atoms with Crippen LogP contribution >= 0.6 is 0 Å². The molecule has 0 aliphatic rings. The summed E-state index contributed by atoms with van der Waals surface area (Å²) in [5.74, 6) is 0.281. The molecule has 0 saturated carbocycles. The molecule has 0 fully saturated rings. The Bertz CT molecular complexity index is 286. The average Bonchev–Trinajstić information content (AvgIpc) is 2.29. The van der Waals surface area contributed by atoms with Crippen molar-refractivity contribution in [1.29, 1.82) is 0 Å². The molecule has 2 heteroatoms. The number of aliphatic hydroxyl groups is 1. The summed E-state index contributed by atoms with van der Waals surface area (Å²) in [6, 6.07) is 9.94. The van der Waals surface area contributed by atoms with Crippen molar-refractivity contribution in [2.45, 2.75) is 45.3 Å². The van der Waals surface area contributed by atoms with Crippen LogP contribution in [0.15, 0.2) is 30.3 Å². The topological polar surface area (TPSA) is 46.2 Å². The van der Waals surface area contributed by atoms with E-state index in [4.69, 9.17) is 5.73 Å². The van der Waals surface area contributed by atoms with Gasteiger partial charge in [-0.3, -0.25) is 0 Å². The van der Waals surface area contributed by atoms with Crippen LogP contribution in [-0.4, -0.2) is 17.3 Å². The third-order valence-corrected chi connectivity index (χ3v) is 3.08. The number of benzene rings is 1. The summed E-state index contributed by atoms with van der Waals surface area (Å²) in [5, 5.41) is 10.1. The van der Waals surface area contributed by atoms with E-state index in [9.17, 15) is 5.11 Å². The summed E-state index contributed by atoms with van der Waals surface area (Å²) < 4.78 is 0. The van der Waals surface area contributed by atoms with Crippen LogP contribution in [0, 0.1) is 5.92 Å². The van der Waals surface area contributed by atoms with E-state index in [0.29, 0.717) is 0 Å². The zero-order valence-electron chi connectivity index (χ0n) is 10.3. The zero-order chi connectivity index (χ0) is 12.0. The Morgan fingerprint density at radius 2 is 1.88 bits per heavy atom. The molecule has 16 heavy (non-hydrogen) atoms. The fraction of sp³-hybridized carbons (Fsp3) is 0.571. The van der Waals surface area contributed by atoms with E-state index < -0.39 is 6.10 Å². The molecule has 0 aromatic heterocycles. The quantitative estimate of drug-likeness (QED) is 0.774. The second-order valence-corrected chi connectivity index (χ2v) is 4.61. The maximum Gasteiger partial charge on any atom is 0.0719 e. The molecule has 3 unspecified atom stereocenters. The van der Waals surface area contributed by atoms with E-state index in [0.717, 1.165) is 19.3 Å². The second kappa shape index (κ2) is 6.66. The number of aliphatic hydroxyl groups excluding tert-OH is 1. The highest BCUT2D eigenvalue weighted by atomic mass is 16.3. The first kappa shape index (κ1) is 13.2. The largest absolute Gasteiger partial charge is 0.391 e. The van der Waals surface area contributed by atoms with Crippen LogP contribution in [0.2, 0.25) is 0 Å². The monoisotopic (exact) mass is 221 g/mol. The summed E-state index contributed by atoms with van der Waals surface area (Å²) in [5.41, 5.74) is 7.22. The van der Waals surface area contributed by atoms with Gasteiger partial charge in [-0.25, -0.2) is 0 Å². The Balaban J connectivity index is 2.48. The maximum absolute atomic E-state index is 10.1. The van der Waals surface area contributed by atoms with Gasteiger partial charge in [-0.1, -0.05) is 50.6 Å². The van der Waals surface area contributed by atoms with Crippen molar-refractivity contribution in [2.24, 2.45) is 11.7 Å². The van der Waals surface area contributed by atoms with Gasteiger partial charge in [-0.15, -0.1) is 0 Å². The minimum atomic E-state index is -0.403. The second-order valence-electron chi connectivity index (χ2n) is 4.61. The summed E-state index contributed by atoms with van der Waals surface area (Å²) in [6.07, 6.45) is 2.47. The molecular weight excluding hydrogens is 198 g/mol. The molecule has 1 rings (SSSR count). The van der Waals surface area contributed by atoms with Crippen LogP contribution in [-0.2, 0) is 6.42 Å². The Morgan fingerprint density at radius 1 is 1.25 bits per heavy atom. The lowest BCUT2D eigenvalue weighted by molar-refractivity contribution is 0.0853. The van der Waals surface area contributed by atoms with Crippen LogP contribution in [0.4, 0.5) is 0 Å². The van der Waals surface area contributed by atoms with Crippen molar-refractivity contribution in [3.63, 3.8) is 0 Å². The molecule has 1 aromatic rings. The smallest absolute Gasteiger partial charge is 0.0719 e. The summed E-state index contributed by atoms with van der Waals surface area (Å²) >= 11 is 0. The lowest BCUT2D eigenvalue weighted by Crippen LogP contribution is -2.40. The number of hydrogen-bond donors (Lipinski definition) is 2. The first-order chi connectivity index (χ1) is 7.65. The number of nitrogens with two attached hydrogens (primary N) is 1. The standard InChI is InChI=1S/C14H23NO/c1-3-7-11(2)14(16)13(15)10-12-8-5-4-6-9-12/h4-6,8-9,11,13-14,16H,3,7,10,15H2,1-2H3. The van der Waals surface area contributed by atoms with Crippen molar-refractivity contribution < 1.29 is 5.11 Å². The molecule has 0 saturated heterocycles. The predicted molar refractivity (Wildman–Crippen MR) is 68.2 cm³/mol. The van der Waals surface area contributed by atoms with Crippen molar-refractivity contribution in [3.8, 4) is 0 Å². The molecule has 2 nitrogen and oxygen atoms in total. The van der Waals surface area contributed by atoms with Crippen molar-refractivity contribution in [2.75, 3.05) is 0 Å². The molecule has 0 aliphatic heterocycles. The Labute approximate surface area is 98.5 Å². The van der Waals surface area contributed by atoms with Gasteiger partial charge < -0.3 is 10.8 Å². The lowest BCUT2D eigenvalue weighted by Gasteiger charge is -2.24. The van der Waals surface area contributed by atoms with Gasteiger partial charge >= 0.3 is 0 Å². The summed E-state index contributed by atoms with van der Waals surface area (Å²) in [7, 11) is 0. The van der Waals surface area contributed by atoms with Crippen molar-refractivity contribution >= 4 is 0 Å². The minimum absolute atomic E-state index is 0.163. The lowest BCUT2D eigenvalue weighted by atomic mass is 9.91. The fourth-order valence-corrected chi connectivity index (χ4v) is 2.06. The van der Waals surface area contributed by atoms with E-state index in [-0.39, 0.29) is 12.0 Å². The molecule has 90 valence electrons. The van der Waals surface area contributed by atoms with Crippen LogP contribution < -0.4 is 5.73 Å². The minimum Gasteiger partial charge on any atom is -0.391 e. The van der Waals surface area contributed by atoms with Gasteiger partial charge in [0.05, 0.1) is 6.10 Å². The van der Waals surface area contributed by atoms with E-state index in [2.05, 4.69) is 26.0 Å². The van der Waals surface area contributed by atoms with Gasteiger partial charge in [0, 0.05) is 6.04 Å². The SMILES string of the molecule is CCCC(C)C(O)C(N)Cc1ccccc1. The van der Waals surface area contributed by atoms with Crippen LogP contribution in [0.1, 0.15) is 32.3 Å². The first-order valence-electron chi connectivity index (χ1n) is 6.12. The molecule has 3 atom stereocenters. The Hall–Kier alpha value is -0.860. The van der Waals surface area contributed by atoms with E-state index >= 15 is 0 Å². The summed E-state index contributed by atoms with van der Waals surface area (Å²) in [6.45, 7) is 4.20. The number of hydrogen-bond acceptors (Lipinski definition) is 2. The van der Waals surface area contributed by atoms with Crippen LogP contribution in [0.25, 0.3) is 0 Å². The van der Waals surface area contributed by atoms with Gasteiger partial charge in [0.1, 0.15) is 0 Å². The fourth-order valence-electron chi connectivity index (χ4n) is 2.06. The molecule has 0 aliphatic carbocycles. The van der Waals surface area contributed by atoms with Gasteiger partial charge in [-0.05, 0) is 24.3 Å². The molecule has 0 radical (unpaired) electrons. The number of rotatable bonds is 6. The van der Waals surface area contributed by atoms with E-state index in [1.165, 1.54) is 5.56 Å². The third-order valence-electron chi connectivity index (χ3n) is 3.08. The average molecular weight is 221 g/mol. The normalized spacial score (nSPS) is 16.8. The predicted octanol–water partition coefficient (Wildman–Crippen LogP) is 2.35. The van der Waals surface area contributed by atoms with E-state index in [1.807, 2.05) is 18.2 Å². The van der Waals surface area contributed by atoms with Gasteiger partial charge in [0.2, 0.25) is 0 Å². The molecular formula is C14H23NO. The van der Waals surface area contributed by atoms with Crippen molar-refractivity contribution in [3.05, 3.63) is 35.9 Å². The Kier molecular flexibility index (Phi) is 5.50. The van der Waals surface area contributed by atoms with Crippen LogP contribution in [0.5, 0.6) is 0 Å².